The van der Waals surface area contributed by atoms with Crippen molar-refractivity contribution in [2.75, 3.05) is 11.4 Å². The van der Waals surface area contributed by atoms with E-state index in [1.807, 2.05) is 43.5 Å². The molecule has 3 aromatic rings. The summed E-state index contributed by atoms with van der Waals surface area (Å²) in [5, 5.41) is 6.18. The Bertz CT molecular complexity index is 885. The Labute approximate surface area is 164 Å². The van der Waals surface area contributed by atoms with Gasteiger partial charge in [-0.1, -0.05) is 48.5 Å². The van der Waals surface area contributed by atoms with E-state index in [1.54, 1.807) is 11.8 Å². The number of nitrogens with one attached hydrogen (secondary N) is 1. The van der Waals surface area contributed by atoms with Crippen molar-refractivity contribution in [3.8, 4) is 0 Å². The van der Waals surface area contributed by atoms with E-state index in [9.17, 15) is 4.79 Å². The average Bonchev–Trinajstić information content (AvgIpc) is 3.11. The lowest BCUT2D eigenvalue weighted by atomic mass is 10.1. The quantitative estimate of drug-likeness (QED) is 0.601. The lowest BCUT2D eigenvalue weighted by Gasteiger charge is -2.22. The molecular formula is C22H25N3OS. The first-order valence-corrected chi connectivity index (χ1v) is 10.00. The van der Waals surface area contributed by atoms with Gasteiger partial charge in [-0.15, -0.1) is 11.3 Å². The Morgan fingerprint density at radius 2 is 1.78 bits per heavy atom. The third-order valence-corrected chi connectivity index (χ3v) is 5.32. The summed E-state index contributed by atoms with van der Waals surface area (Å²) in [5.74, 6) is -0.0228. The molecule has 2 aromatic carbocycles. The molecule has 140 valence electrons. The first kappa shape index (κ1) is 19.3. The van der Waals surface area contributed by atoms with Gasteiger partial charge < -0.3 is 5.32 Å². The molecule has 0 bridgehead atoms. The molecule has 1 aromatic heterocycles. The minimum Gasteiger partial charge on any atom is -0.311 e. The lowest BCUT2D eigenvalue weighted by molar-refractivity contribution is -0.115. The van der Waals surface area contributed by atoms with E-state index in [4.69, 9.17) is 4.98 Å². The van der Waals surface area contributed by atoms with Gasteiger partial charge in [0.2, 0.25) is 5.91 Å². The maximum absolute atomic E-state index is 12.4. The molecule has 0 aliphatic carbocycles. The molecule has 0 saturated carbocycles. The Kier molecular flexibility index (Phi) is 6.37. The molecular weight excluding hydrogens is 354 g/mol. The second-order valence-electron chi connectivity index (χ2n) is 6.63. The highest BCUT2D eigenvalue weighted by molar-refractivity contribution is 7.14. The highest BCUT2D eigenvalue weighted by atomic mass is 32.1. The molecule has 0 aliphatic rings. The van der Waals surface area contributed by atoms with Gasteiger partial charge in [0, 0.05) is 18.8 Å². The van der Waals surface area contributed by atoms with Crippen LogP contribution < -0.4 is 10.2 Å². The van der Waals surface area contributed by atoms with E-state index in [0.29, 0.717) is 6.54 Å². The molecule has 3 rings (SSSR count). The van der Waals surface area contributed by atoms with Crippen LogP contribution in [0.1, 0.15) is 29.3 Å². The lowest BCUT2D eigenvalue weighted by Crippen LogP contribution is -2.24. The molecule has 0 fully saturated rings. The van der Waals surface area contributed by atoms with Crippen LogP contribution in [0.2, 0.25) is 0 Å². The van der Waals surface area contributed by atoms with Crippen LogP contribution in [-0.2, 0) is 17.8 Å². The second kappa shape index (κ2) is 8.93. The fourth-order valence-corrected chi connectivity index (χ4v) is 3.99. The number of para-hydroxylation sites is 1. The molecule has 27 heavy (non-hydrogen) atoms. The summed E-state index contributed by atoms with van der Waals surface area (Å²) < 4.78 is 0. The predicted octanol–water partition coefficient (Wildman–Crippen LogP) is 4.78. The van der Waals surface area contributed by atoms with E-state index in [-0.39, 0.29) is 5.91 Å². The van der Waals surface area contributed by atoms with Crippen LogP contribution in [-0.4, -0.2) is 17.4 Å². The summed E-state index contributed by atoms with van der Waals surface area (Å²) >= 11 is 1.51. The largest absolute Gasteiger partial charge is 0.311 e. The van der Waals surface area contributed by atoms with Crippen LogP contribution >= 0.6 is 11.3 Å². The third kappa shape index (κ3) is 4.81. The Morgan fingerprint density at radius 3 is 2.44 bits per heavy atom. The van der Waals surface area contributed by atoms with Crippen molar-refractivity contribution in [2.24, 2.45) is 0 Å². The number of aromatic nitrogens is 1. The average molecular weight is 380 g/mol. The zero-order chi connectivity index (χ0) is 19.2. The van der Waals surface area contributed by atoms with Gasteiger partial charge in [0.05, 0.1) is 11.4 Å². The van der Waals surface area contributed by atoms with Gasteiger partial charge in [0.25, 0.3) is 0 Å². The van der Waals surface area contributed by atoms with Crippen molar-refractivity contribution in [2.45, 2.75) is 33.7 Å². The van der Waals surface area contributed by atoms with Crippen molar-refractivity contribution in [1.82, 2.24) is 10.3 Å². The SMILES string of the molecule is CC(=O)N(c1nc(CNCCc2ccccc2)cs1)c1c(C)cccc1C. The van der Waals surface area contributed by atoms with Gasteiger partial charge in [0.1, 0.15) is 0 Å². The van der Waals surface area contributed by atoms with Crippen molar-refractivity contribution in [1.29, 1.82) is 0 Å². The van der Waals surface area contributed by atoms with Crippen molar-refractivity contribution in [3.05, 3.63) is 76.3 Å². The number of amides is 1. The highest BCUT2D eigenvalue weighted by Crippen LogP contribution is 2.33. The number of nitrogens with zero attached hydrogens (tertiary/aromatic N) is 2. The molecule has 0 aliphatic heterocycles. The summed E-state index contributed by atoms with van der Waals surface area (Å²) in [6, 6.07) is 16.5. The first-order valence-electron chi connectivity index (χ1n) is 9.12. The number of hydrogen-bond donors (Lipinski definition) is 1. The van der Waals surface area contributed by atoms with Gasteiger partial charge >= 0.3 is 0 Å². The van der Waals surface area contributed by atoms with E-state index in [0.717, 1.165) is 40.6 Å². The smallest absolute Gasteiger partial charge is 0.230 e. The molecule has 1 amide bonds. The Morgan fingerprint density at radius 1 is 1.07 bits per heavy atom. The van der Waals surface area contributed by atoms with Crippen LogP contribution in [0.5, 0.6) is 0 Å². The topological polar surface area (TPSA) is 45.2 Å². The number of carbonyl (C=O) groups is 1. The van der Waals surface area contributed by atoms with Crippen LogP contribution in [0.3, 0.4) is 0 Å². The van der Waals surface area contributed by atoms with Gasteiger partial charge in [-0.25, -0.2) is 4.98 Å². The summed E-state index contributed by atoms with van der Waals surface area (Å²) in [6.45, 7) is 7.23. The normalized spacial score (nSPS) is 10.8. The predicted molar refractivity (Wildman–Crippen MR) is 113 cm³/mol. The van der Waals surface area contributed by atoms with Crippen molar-refractivity contribution >= 4 is 28.1 Å². The number of benzene rings is 2. The molecule has 1 heterocycles. The summed E-state index contributed by atoms with van der Waals surface area (Å²) in [6.07, 6.45) is 0.986. The molecule has 0 saturated heterocycles. The van der Waals surface area contributed by atoms with Gasteiger partial charge in [0.15, 0.2) is 5.13 Å². The van der Waals surface area contributed by atoms with Crippen LogP contribution in [0.25, 0.3) is 0 Å². The van der Waals surface area contributed by atoms with Crippen LogP contribution in [0, 0.1) is 13.8 Å². The zero-order valence-electron chi connectivity index (χ0n) is 16.0. The number of hydrogen-bond acceptors (Lipinski definition) is 4. The molecule has 0 radical (unpaired) electrons. The minimum atomic E-state index is -0.0228. The second-order valence-corrected chi connectivity index (χ2v) is 7.47. The Hall–Kier alpha value is -2.50. The maximum Gasteiger partial charge on any atom is 0.230 e. The summed E-state index contributed by atoms with van der Waals surface area (Å²) in [7, 11) is 0. The number of anilines is 2. The third-order valence-electron chi connectivity index (χ3n) is 4.45. The molecule has 0 unspecified atom stereocenters. The van der Waals surface area contributed by atoms with E-state index in [2.05, 4.69) is 29.6 Å². The fourth-order valence-electron chi connectivity index (χ4n) is 3.12. The minimum absolute atomic E-state index is 0.0228. The monoisotopic (exact) mass is 379 g/mol. The van der Waals surface area contributed by atoms with E-state index in [1.165, 1.54) is 16.9 Å². The summed E-state index contributed by atoms with van der Waals surface area (Å²) in [5.41, 5.74) is 5.36. The molecule has 0 atom stereocenters. The summed E-state index contributed by atoms with van der Waals surface area (Å²) in [4.78, 5) is 18.8. The Balaban J connectivity index is 1.67. The number of thiazole rings is 1. The number of aryl methyl sites for hydroxylation is 2. The van der Waals surface area contributed by atoms with Gasteiger partial charge in [-0.3, -0.25) is 9.69 Å². The van der Waals surface area contributed by atoms with Gasteiger partial charge in [-0.2, -0.15) is 0 Å². The zero-order valence-corrected chi connectivity index (χ0v) is 16.8. The van der Waals surface area contributed by atoms with Crippen LogP contribution in [0.15, 0.2) is 53.9 Å². The number of carbonyl (C=O) groups excluding carboxylic acids is 1. The molecule has 5 heteroatoms. The van der Waals surface area contributed by atoms with Gasteiger partial charge in [-0.05, 0) is 43.5 Å². The fraction of sp³-hybridized carbons (Fsp3) is 0.273. The standard InChI is InChI=1S/C22H25N3OS/c1-16-8-7-9-17(2)21(16)25(18(3)26)22-24-20(15-27-22)14-23-13-12-19-10-5-4-6-11-19/h4-11,15,23H,12-14H2,1-3H3. The molecule has 0 spiro atoms. The molecule has 1 N–H and O–H groups in total. The maximum atomic E-state index is 12.4. The number of rotatable bonds is 7. The first-order chi connectivity index (χ1) is 13.1. The van der Waals surface area contributed by atoms with Crippen molar-refractivity contribution < 1.29 is 4.79 Å². The van der Waals surface area contributed by atoms with E-state index >= 15 is 0 Å². The molecule has 4 nitrogen and oxygen atoms in total. The highest BCUT2D eigenvalue weighted by Gasteiger charge is 2.21. The van der Waals surface area contributed by atoms with Crippen molar-refractivity contribution in [3.63, 3.8) is 0 Å². The van der Waals surface area contributed by atoms with Crippen LogP contribution in [0.4, 0.5) is 10.8 Å². The van der Waals surface area contributed by atoms with E-state index < -0.39 is 0 Å².